The second-order valence-electron chi connectivity index (χ2n) is 6.24. The van der Waals surface area contributed by atoms with Crippen molar-refractivity contribution in [1.82, 2.24) is 0 Å². The molecule has 0 radical (unpaired) electrons. The van der Waals surface area contributed by atoms with Gasteiger partial charge in [0.05, 0.1) is 0 Å². The van der Waals surface area contributed by atoms with E-state index in [9.17, 15) is 0 Å². The summed E-state index contributed by atoms with van der Waals surface area (Å²) in [6.07, 6.45) is 8.45. The van der Waals surface area contributed by atoms with E-state index >= 15 is 0 Å². The van der Waals surface area contributed by atoms with Crippen molar-refractivity contribution in [3.05, 3.63) is 0 Å². The molecule has 0 spiro atoms. The third kappa shape index (κ3) is 7.30. The van der Waals surface area contributed by atoms with Crippen LogP contribution in [0.4, 0.5) is 0 Å². The van der Waals surface area contributed by atoms with Gasteiger partial charge >= 0.3 is 0 Å². The molecular formula is C16H34. The van der Waals surface area contributed by atoms with Crippen LogP contribution in [0.15, 0.2) is 0 Å². The lowest BCUT2D eigenvalue weighted by molar-refractivity contribution is 0.256. The summed E-state index contributed by atoms with van der Waals surface area (Å²) in [5.74, 6) is 3.65. The summed E-state index contributed by atoms with van der Waals surface area (Å²) in [6, 6.07) is 0. The maximum Gasteiger partial charge on any atom is -0.0409 e. The predicted octanol–water partition coefficient (Wildman–Crippen LogP) is 5.91. The molecule has 0 heteroatoms. The summed E-state index contributed by atoms with van der Waals surface area (Å²) < 4.78 is 0. The number of rotatable bonds is 9. The van der Waals surface area contributed by atoms with E-state index in [1.807, 2.05) is 0 Å². The van der Waals surface area contributed by atoms with Gasteiger partial charge in [-0.1, -0.05) is 67.2 Å². The molecule has 0 aliphatic heterocycles. The fraction of sp³-hybridized carbons (Fsp3) is 1.00. The van der Waals surface area contributed by atoms with Gasteiger partial charge in [0.2, 0.25) is 0 Å². The minimum atomic E-state index is 0.867. The van der Waals surface area contributed by atoms with Gasteiger partial charge in [0.15, 0.2) is 0 Å². The molecular weight excluding hydrogens is 192 g/mol. The molecule has 0 N–H and O–H groups in total. The van der Waals surface area contributed by atoms with Crippen molar-refractivity contribution in [3.63, 3.8) is 0 Å². The van der Waals surface area contributed by atoms with E-state index in [0.717, 1.165) is 23.7 Å². The summed E-state index contributed by atoms with van der Waals surface area (Å²) in [4.78, 5) is 0. The third-order valence-electron chi connectivity index (χ3n) is 4.09. The Hall–Kier alpha value is 0. The molecule has 0 amide bonds. The molecule has 0 aliphatic rings. The summed E-state index contributed by atoms with van der Waals surface area (Å²) in [5.41, 5.74) is 0. The zero-order chi connectivity index (χ0) is 12.6. The Kier molecular flexibility index (Phi) is 9.07. The highest BCUT2D eigenvalue weighted by atomic mass is 14.2. The van der Waals surface area contributed by atoms with E-state index in [0.29, 0.717) is 0 Å². The van der Waals surface area contributed by atoms with E-state index < -0.39 is 0 Å². The van der Waals surface area contributed by atoms with Crippen LogP contribution in [0, 0.1) is 23.7 Å². The second kappa shape index (κ2) is 9.07. The van der Waals surface area contributed by atoms with Crippen molar-refractivity contribution in [2.24, 2.45) is 23.7 Å². The minimum absolute atomic E-state index is 0.867. The van der Waals surface area contributed by atoms with Gasteiger partial charge < -0.3 is 0 Å². The topological polar surface area (TPSA) is 0 Å². The molecule has 0 nitrogen and oxygen atoms in total. The van der Waals surface area contributed by atoms with Crippen molar-refractivity contribution in [2.45, 2.75) is 80.1 Å². The fourth-order valence-electron chi connectivity index (χ4n) is 2.65. The Morgan fingerprint density at radius 2 is 1.44 bits per heavy atom. The average Bonchev–Trinajstić information content (AvgIpc) is 2.23. The van der Waals surface area contributed by atoms with Crippen molar-refractivity contribution in [1.29, 1.82) is 0 Å². The standard InChI is InChI=1S/C16H34/c1-7-9-10-16(11-13(3)4)12-15(6)14(5)8-2/h13-16H,7-12H2,1-6H3. The average molecular weight is 226 g/mol. The van der Waals surface area contributed by atoms with E-state index in [4.69, 9.17) is 0 Å². The summed E-state index contributed by atoms with van der Waals surface area (Å²) >= 11 is 0. The highest BCUT2D eigenvalue weighted by Crippen LogP contribution is 2.29. The van der Waals surface area contributed by atoms with E-state index in [1.165, 1.54) is 38.5 Å². The van der Waals surface area contributed by atoms with Crippen LogP contribution < -0.4 is 0 Å². The molecule has 0 saturated heterocycles. The molecule has 3 atom stereocenters. The first-order chi connectivity index (χ1) is 7.51. The largest absolute Gasteiger partial charge is 0.0654 e. The molecule has 3 unspecified atom stereocenters. The molecule has 98 valence electrons. The molecule has 0 aromatic heterocycles. The van der Waals surface area contributed by atoms with Crippen LogP contribution in [0.25, 0.3) is 0 Å². The van der Waals surface area contributed by atoms with Gasteiger partial charge in [-0.2, -0.15) is 0 Å². The molecule has 0 aromatic carbocycles. The Balaban J connectivity index is 4.07. The van der Waals surface area contributed by atoms with Crippen LogP contribution in [0.5, 0.6) is 0 Å². The van der Waals surface area contributed by atoms with Gasteiger partial charge in [-0.3, -0.25) is 0 Å². The first-order valence-electron chi connectivity index (χ1n) is 7.51. The van der Waals surface area contributed by atoms with Crippen molar-refractivity contribution in [2.75, 3.05) is 0 Å². The molecule has 0 saturated carbocycles. The molecule has 0 bridgehead atoms. The SMILES string of the molecule is CCCCC(CC(C)C)CC(C)C(C)CC. The van der Waals surface area contributed by atoms with Crippen LogP contribution in [0.1, 0.15) is 80.1 Å². The van der Waals surface area contributed by atoms with Gasteiger partial charge in [0, 0.05) is 0 Å². The molecule has 0 aromatic rings. The monoisotopic (exact) mass is 226 g/mol. The number of unbranched alkanes of at least 4 members (excludes halogenated alkanes) is 1. The maximum absolute atomic E-state index is 2.45. The second-order valence-corrected chi connectivity index (χ2v) is 6.24. The van der Waals surface area contributed by atoms with Gasteiger partial charge in [-0.25, -0.2) is 0 Å². The summed E-state index contributed by atoms with van der Waals surface area (Å²) in [7, 11) is 0. The zero-order valence-electron chi connectivity index (χ0n) is 12.6. The maximum atomic E-state index is 2.45. The van der Waals surface area contributed by atoms with Crippen LogP contribution in [0.2, 0.25) is 0 Å². The van der Waals surface area contributed by atoms with Crippen molar-refractivity contribution >= 4 is 0 Å². The Morgan fingerprint density at radius 1 is 0.812 bits per heavy atom. The van der Waals surface area contributed by atoms with E-state index in [-0.39, 0.29) is 0 Å². The lowest BCUT2D eigenvalue weighted by Crippen LogP contribution is -2.14. The van der Waals surface area contributed by atoms with Gasteiger partial charge in [-0.15, -0.1) is 0 Å². The molecule has 0 aliphatic carbocycles. The lowest BCUT2D eigenvalue weighted by Gasteiger charge is -2.26. The Bertz CT molecular complexity index is 148. The van der Waals surface area contributed by atoms with Gasteiger partial charge in [0.1, 0.15) is 0 Å². The van der Waals surface area contributed by atoms with E-state index in [2.05, 4.69) is 41.5 Å². The molecule has 0 heterocycles. The minimum Gasteiger partial charge on any atom is -0.0654 e. The highest BCUT2D eigenvalue weighted by molar-refractivity contribution is 4.69. The smallest absolute Gasteiger partial charge is 0.0409 e. The predicted molar refractivity (Wildman–Crippen MR) is 75.7 cm³/mol. The van der Waals surface area contributed by atoms with Crippen LogP contribution in [-0.4, -0.2) is 0 Å². The van der Waals surface area contributed by atoms with Crippen molar-refractivity contribution in [3.8, 4) is 0 Å². The highest BCUT2D eigenvalue weighted by Gasteiger charge is 2.17. The summed E-state index contributed by atoms with van der Waals surface area (Å²) in [5, 5.41) is 0. The first kappa shape index (κ1) is 16.0. The molecule has 0 fully saturated rings. The van der Waals surface area contributed by atoms with Crippen molar-refractivity contribution < 1.29 is 0 Å². The third-order valence-corrected chi connectivity index (χ3v) is 4.09. The number of hydrogen-bond donors (Lipinski definition) is 0. The molecule has 0 rings (SSSR count). The van der Waals surface area contributed by atoms with Gasteiger partial charge in [0.25, 0.3) is 0 Å². The Labute approximate surface area is 104 Å². The quantitative estimate of drug-likeness (QED) is 0.458. The fourth-order valence-corrected chi connectivity index (χ4v) is 2.65. The first-order valence-corrected chi connectivity index (χ1v) is 7.51. The Morgan fingerprint density at radius 3 is 1.88 bits per heavy atom. The van der Waals surface area contributed by atoms with E-state index in [1.54, 1.807) is 0 Å². The number of hydrogen-bond acceptors (Lipinski definition) is 0. The van der Waals surface area contributed by atoms with Crippen LogP contribution >= 0.6 is 0 Å². The van der Waals surface area contributed by atoms with Crippen LogP contribution in [0.3, 0.4) is 0 Å². The molecule has 16 heavy (non-hydrogen) atoms. The normalized spacial score (nSPS) is 17.4. The summed E-state index contributed by atoms with van der Waals surface area (Å²) in [6.45, 7) is 14.2. The lowest BCUT2D eigenvalue weighted by atomic mass is 9.80. The van der Waals surface area contributed by atoms with Crippen LogP contribution in [-0.2, 0) is 0 Å². The van der Waals surface area contributed by atoms with Gasteiger partial charge in [-0.05, 0) is 36.5 Å². The zero-order valence-corrected chi connectivity index (χ0v) is 12.6.